The molecule has 0 bridgehead atoms. The summed E-state index contributed by atoms with van der Waals surface area (Å²) in [5.74, 6) is -2.47. The molecule has 0 saturated carbocycles. The number of anilines is 1. The topological polar surface area (TPSA) is 62.0 Å². The normalized spacial score (nSPS) is 10.8. The first kappa shape index (κ1) is 15.9. The molecular weight excluding hydrogens is 314 g/mol. The molecule has 0 unspecified atom stereocenters. The number of benzene rings is 2. The summed E-state index contributed by atoms with van der Waals surface area (Å²) in [6, 6.07) is 7.07. The zero-order valence-corrected chi connectivity index (χ0v) is 13.0. The highest BCUT2D eigenvalue weighted by Gasteiger charge is 2.17. The summed E-state index contributed by atoms with van der Waals surface area (Å²) in [5.41, 5.74) is 1.41. The van der Waals surface area contributed by atoms with Gasteiger partial charge in [-0.25, -0.2) is 8.78 Å². The summed E-state index contributed by atoms with van der Waals surface area (Å²) in [7, 11) is 0. The number of amides is 1. The molecule has 4 nitrogen and oxygen atoms in total. The summed E-state index contributed by atoms with van der Waals surface area (Å²) < 4.78 is 27.1. The fraction of sp³-hybridized carbons (Fsp3) is 0.111. The number of nitrogens with one attached hydrogen (secondary N) is 2. The molecule has 2 aromatic carbocycles. The predicted octanol–water partition coefficient (Wildman–Crippen LogP) is 3.68. The Morgan fingerprint density at radius 1 is 1.12 bits per heavy atom. The predicted molar refractivity (Wildman–Crippen MR) is 88.4 cm³/mol. The van der Waals surface area contributed by atoms with Crippen LogP contribution < -0.4 is 10.7 Å². The maximum atomic E-state index is 13.9. The van der Waals surface area contributed by atoms with Crippen LogP contribution in [0.15, 0.2) is 41.3 Å². The quantitative estimate of drug-likeness (QED) is 0.754. The molecule has 0 aliphatic heterocycles. The lowest BCUT2D eigenvalue weighted by Crippen LogP contribution is -2.23. The molecule has 0 spiro atoms. The fourth-order valence-corrected chi connectivity index (χ4v) is 2.58. The Morgan fingerprint density at radius 3 is 2.58 bits per heavy atom. The second-order valence-electron chi connectivity index (χ2n) is 5.61. The first-order chi connectivity index (χ1) is 11.4. The highest BCUT2D eigenvalue weighted by atomic mass is 19.1. The molecule has 1 amide bonds. The molecular formula is C18H14F2N2O2. The number of rotatable bonds is 2. The van der Waals surface area contributed by atoms with Crippen molar-refractivity contribution in [3.8, 4) is 0 Å². The number of aromatic nitrogens is 1. The van der Waals surface area contributed by atoms with Crippen molar-refractivity contribution in [3.63, 3.8) is 0 Å². The van der Waals surface area contributed by atoms with Gasteiger partial charge in [0.15, 0.2) is 0 Å². The Labute approximate surface area is 136 Å². The molecule has 0 saturated heterocycles. The number of carbonyl (C=O) groups excluding carboxylic acids is 1. The SMILES string of the molecule is Cc1ccc(NC(=O)c2c[nH]c3cc(F)cc(F)c3c2=O)c(C)c1. The van der Waals surface area contributed by atoms with Crippen molar-refractivity contribution in [2.75, 3.05) is 5.32 Å². The number of carbonyl (C=O) groups is 1. The molecule has 0 aliphatic carbocycles. The zero-order chi connectivity index (χ0) is 17.4. The summed E-state index contributed by atoms with van der Waals surface area (Å²) in [4.78, 5) is 27.3. The first-order valence-electron chi connectivity index (χ1n) is 7.26. The van der Waals surface area contributed by atoms with Crippen LogP contribution >= 0.6 is 0 Å². The third kappa shape index (κ3) is 2.78. The van der Waals surface area contributed by atoms with Gasteiger partial charge in [0.25, 0.3) is 5.91 Å². The lowest BCUT2D eigenvalue weighted by Gasteiger charge is -2.09. The summed E-state index contributed by atoms with van der Waals surface area (Å²) in [5, 5.41) is 2.29. The largest absolute Gasteiger partial charge is 0.360 e. The summed E-state index contributed by atoms with van der Waals surface area (Å²) >= 11 is 0. The third-order valence-corrected chi connectivity index (χ3v) is 3.77. The maximum absolute atomic E-state index is 13.9. The van der Waals surface area contributed by atoms with Crippen molar-refractivity contribution < 1.29 is 13.6 Å². The van der Waals surface area contributed by atoms with Crippen LogP contribution in [0.3, 0.4) is 0 Å². The second-order valence-corrected chi connectivity index (χ2v) is 5.61. The lowest BCUT2D eigenvalue weighted by atomic mass is 10.1. The number of hydrogen-bond acceptors (Lipinski definition) is 2. The van der Waals surface area contributed by atoms with Gasteiger partial charge in [-0.15, -0.1) is 0 Å². The Morgan fingerprint density at radius 2 is 1.88 bits per heavy atom. The number of hydrogen-bond donors (Lipinski definition) is 2. The van der Waals surface area contributed by atoms with E-state index < -0.39 is 23.0 Å². The molecule has 3 rings (SSSR count). The molecule has 3 aromatic rings. The van der Waals surface area contributed by atoms with Gasteiger partial charge in [-0.05, 0) is 31.5 Å². The number of halogens is 2. The van der Waals surface area contributed by atoms with Crippen LogP contribution in [0.25, 0.3) is 10.9 Å². The number of H-pyrrole nitrogens is 1. The Bertz CT molecular complexity index is 1030. The Kier molecular flexibility index (Phi) is 3.89. The van der Waals surface area contributed by atoms with Gasteiger partial charge in [0.1, 0.15) is 17.2 Å². The lowest BCUT2D eigenvalue weighted by molar-refractivity contribution is 0.102. The molecule has 0 aliphatic rings. The minimum absolute atomic E-state index is 0.000525. The van der Waals surface area contributed by atoms with Gasteiger partial charge in [-0.2, -0.15) is 0 Å². The van der Waals surface area contributed by atoms with E-state index in [-0.39, 0.29) is 16.5 Å². The van der Waals surface area contributed by atoms with E-state index in [4.69, 9.17) is 0 Å². The maximum Gasteiger partial charge on any atom is 0.261 e. The van der Waals surface area contributed by atoms with Gasteiger partial charge in [-0.3, -0.25) is 9.59 Å². The Balaban J connectivity index is 2.04. The molecule has 0 atom stereocenters. The van der Waals surface area contributed by atoms with Gasteiger partial charge in [-0.1, -0.05) is 17.7 Å². The molecule has 122 valence electrons. The van der Waals surface area contributed by atoms with Crippen LogP contribution in [0.1, 0.15) is 21.5 Å². The molecule has 1 heterocycles. The average molecular weight is 328 g/mol. The van der Waals surface area contributed by atoms with Crippen LogP contribution in [-0.2, 0) is 0 Å². The Hall–Kier alpha value is -3.02. The summed E-state index contributed by atoms with van der Waals surface area (Å²) in [6.45, 7) is 3.75. The van der Waals surface area contributed by atoms with E-state index in [1.54, 1.807) is 6.07 Å². The van der Waals surface area contributed by atoms with Crippen molar-refractivity contribution >= 4 is 22.5 Å². The number of fused-ring (bicyclic) bond motifs is 1. The first-order valence-corrected chi connectivity index (χ1v) is 7.26. The molecule has 0 radical (unpaired) electrons. The number of pyridine rings is 1. The molecule has 2 N–H and O–H groups in total. The monoisotopic (exact) mass is 328 g/mol. The van der Waals surface area contributed by atoms with E-state index in [9.17, 15) is 18.4 Å². The standard InChI is InChI=1S/C18H14F2N2O2/c1-9-3-4-14(10(2)5-9)22-18(24)12-8-21-15-7-11(19)6-13(20)16(15)17(12)23/h3-8H,1-2H3,(H,21,23)(H,22,24). The second kappa shape index (κ2) is 5.88. The fourth-order valence-electron chi connectivity index (χ4n) is 2.58. The van der Waals surface area contributed by atoms with Gasteiger partial charge in [0, 0.05) is 18.0 Å². The summed E-state index contributed by atoms with van der Waals surface area (Å²) in [6.07, 6.45) is 1.16. The van der Waals surface area contributed by atoms with E-state index in [1.807, 2.05) is 26.0 Å². The number of aromatic amines is 1. The van der Waals surface area contributed by atoms with Crippen LogP contribution in [0.2, 0.25) is 0 Å². The van der Waals surface area contributed by atoms with E-state index in [2.05, 4.69) is 10.3 Å². The molecule has 0 fully saturated rings. The van der Waals surface area contributed by atoms with Crippen LogP contribution in [0, 0.1) is 25.5 Å². The van der Waals surface area contributed by atoms with E-state index >= 15 is 0 Å². The molecule has 1 aromatic heterocycles. The van der Waals surface area contributed by atoms with E-state index in [1.165, 1.54) is 0 Å². The van der Waals surface area contributed by atoms with Gasteiger partial charge in [0.05, 0.1) is 10.9 Å². The van der Waals surface area contributed by atoms with Crippen molar-refractivity contribution in [1.82, 2.24) is 4.98 Å². The van der Waals surface area contributed by atoms with Crippen molar-refractivity contribution in [1.29, 1.82) is 0 Å². The smallest absolute Gasteiger partial charge is 0.261 e. The van der Waals surface area contributed by atoms with Crippen LogP contribution in [0.5, 0.6) is 0 Å². The van der Waals surface area contributed by atoms with Crippen molar-refractivity contribution in [2.24, 2.45) is 0 Å². The van der Waals surface area contributed by atoms with Crippen molar-refractivity contribution in [2.45, 2.75) is 13.8 Å². The van der Waals surface area contributed by atoms with Crippen LogP contribution in [-0.4, -0.2) is 10.9 Å². The molecule has 24 heavy (non-hydrogen) atoms. The third-order valence-electron chi connectivity index (χ3n) is 3.77. The highest BCUT2D eigenvalue weighted by Crippen LogP contribution is 2.18. The van der Waals surface area contributed by atoms with E-state index in [0.29, 0.717) is 11.8 Å². The van der Waals surface area contributed by atoms with Gasteiger partial charge < -0.3 is 10.3 Å². The highest BCUT2D eigenvalue weighted by molar-refractivity contribution is 6.06. The van der Waals surface area contributed by atoms with Gasteiger partial charge >= 0.3 is 0 Å². The van der Waals surface area contributed by atoms with E-state index in [0.717, 1.165) is 23.4 Å². The minimum Gasteiger partial charge on any atom is -0.360 e. The zero-order valence-electron chi connectivity index (χ0n) is 13.0. The molecule has 6 heteroatoms. The average Bonchev–Trinajstić information content (AvgIpc) is 2.49. The number of aryl methyl sites for hydroxylation is 2. The van der Waals surface area contributed by atoms with Gasteiger partial charge in [0.2, 0.25) is 5.43 Å². The van der Waals surface area contributed by atoms with Crippen molar-refractivity contribution in [3.05, 3.63) is 75.1 Å². The van der Waals surface area contributed by atoms with Crippen LogP contribution in [0.4, 0.5) is 14.5 Å². The minimum atomic E-state index is -1.01.